The third kappa shape index (κ3) is 12.2. The van der Waals surface area contributed by atoms with Crippen molar-refractivity contribution in [3.05, 3.63) is 143 Å². The van der Waals surface area contributed by atoms with Crippen molar-refractivity contribution < 1.29 is 39.7 Å². The van der Waals surface area contributed by atoms with E-state index in [1.807, 2.05) is 109 Å². The Balaban J connectivity index is 0.000000268. The molecule has 0 amide bonds. The summed E-state index contributed by atoms with van der Waals surface area (Å²) in [5.74, 6) is -0.362. The second kappa shape index (κ2) is 25.2. The fraction of sp³-hybridized carbons (Fsp3) is 0.340. The number of benzene rings is 4. The summed E-state index contributed by atoms with van der Waals surface area (Å²) in [7, 11) is 5.24. The molecule has 7 heterocycles. The molecule has 3 aliphatic heterocycles. The zero-order valence-corrected chi connectivity index (χ0v) is 39.6. The molecule has 3 N–H and O–H groups in total. The molecule has 3 aliphatic rings. The molecular formula is C53H68AlLiN12O4. The van der Waals surface area contributed by atoms with Crippen LogP contribution in [0.4, 0.5) is 11.4 Å². The number of aromatic nitrogens is 10. The maximum absolute atomic E-state index is 12.3. The molecule has 0 saturated carbocycles. The molecule has 8 aromatic rings. The van der Waals surface area contributed by atoms with Crippen LogP contribution in [-0.2, 0) is 43.3 Å². The predicted molar refractivity (Wildman–Crippen MR) is 281 cm³/mol. The predicted octanol–water partition coefficient (Wildman–Crippen LogP) is 5.70. The van der Waals surface area contributed by atoms with Gasteiger partial charge in [-0.2, -0.15) is 10.2 Å². The second-order valence-electron chi connectivity index (χ2n) is 17.0. The van der Waals surface area contributed by atoms with E-state index in [0.717, 1.165) is 111 Å². The third-order valence-corrected chi connectivity index (χ3v) is 12.5. The number of nitrogens with zero attached hydrogens (tertiary/aromatic N) is 10. The van der Waals surface area contributed by atoms with E-state index in [1.165, 1.54) is 25.5 Å². The molecule has 1 fully saturated rings. The quantitative estimate of drug-likeness (QED) is 0.125. The third-order valence-electron chi connectivity index (χ3n) is 12.5. The monoisotopic (exact) mass is 971 g/mol. The summed E-state index contributed by atoms with van der Waals surface area (Å²) in [5, 5.41) is 43.0. The van der Waals surface area contributed by atoms with Crippen LogP contribution in [0.25, 0.3) is 44.8 Å². The summed E-state index contributed by atoms with van der Waals surface area (Å²) in [6, 6.07) is 28.4. The van der Waals surface area contributed by atoms with Crippen molar-refractivity contribution >= 4 is 34.7 Å². The Morgan fingerprint density at radius 3 is 1.65 bits per heavy atom. The Morgan fingerprint density at radius 2 is 1.20 bits per heavy atom. The van der Waals surface area contributed by atoms with Gasteiger partial charge in [0.25, 0.3) is 0 Å². The summed E-state index contributed by atoms with van der Waals surface area (Å²) in [4.78, 5) is 12.3. The van der Waals surface area contributed by atoms with Gasteiger partial charge >= 0.3 is 24.8 Å². The number of esters is 1. The van der Waals surface area contributed by atoms with Crippen LogP contribution in [0, 0.1) is 13.8 Å². The van der Waals surface area contributed by atoms with E-state index in [0.29, 0.717) is 12.1 Å². The number of hydrogen-bond acceptors (Lipinski definition) is 12. The van der Waals surface area contributed by atoms with Gasteiger partial charge in [0.2, 0.25) is 0 Å². The van der Waals surface area contributed by atoms with Crippen LogP contribution in [0.1, 0.15) is 92.5 Å². The van der Waals surface area contributed by atoms with Crippen molar-refractivity contribution in [1.29, 1.82) is 0 Å². The molecule has 0 aliphatic carbocycles. The van der Waals surface area contributed by atoms with Gasteiger partial charge in [-0.15, -0.1) is 10.2 Å². The van der Waals surface area contributed by atoms with Gasteiger partial charge in [-0.1, -0.05) is 79.9 Å². The number of para-hydroxylation sites is 2. The molecule has 18 heteroatoms. The molecule has 16 nitrogen and oxygen atoms in total. The van der Waals surface area contributed by atoms with Crippen LogP contribution in [0.2, 0.25) is 0 Å². The average molecular weight is 971 g/mol. The number of hydrogen-bond donors (Lipinski definition) is 3. The number of methoxy groups -OCH3 is 1. The van der Waals surface area contributed by atoms with Gasteiger partial charge in [-0.3, -0.25) is 9.36 Å². The minimum atomic E-state index is -0.362. The summed E-state index contributed by atoms with van der Waals surface area (Å²) >= 11 is 0. The van der Waals surface area contributed by atoms with Crippen molar-refractivity contribution in [2.75, 3.05) is 31.0 Å². The van der Waals surface area contributed by atoms with Gasteiger partial charge in [-0.25, -0.2) is 14.2 Å². The van der Waals surface area contributed by atoms with Crippen LogP contribution in [0.15, 0.2) is 110 Å². The molecule has 2 unspecified atom stereocenters. The molecule has 0 spiro atoms. The standard InChI is InChI=1S/C24H24N6O2.C23H24N6O.C4H8O.2CH4.Al.Li.4H/c1-15-23-18-9-8-16(17-13-25-29(2)14-17)12-20(18)22(10-11-30(23)28-27-15)26-21-7-5-4-6-19(21)24(31)32-3;1-15-23-19-8-7-16(18-12-24-28(2)13-18)11-20(19)22(9-10-29(23)27-26-15)25-21-6-4-3-5-17(21)14-30;1-2-4-5-3-1;;;;;;;;/h4-9,12-14,22,26H,10-11H2,1-3H3;3-8,11-13,22,25,30H,9-10,14H2,1-2H3;1-4H2;2*1H4;;;;;;/q;;;;;;+1;;;;-1. The number of nitrogens with one attached hydrogen (secondary N) is 2. The summed E-state index contributed by atoms with van der Waals surface area (Å²) in [5.41, 5.74) is 16.0. The van der Waals surface area contributed by atoms with Crippen LogP contribution in [0.3, 0.4) is 0 Å². The smallest absolute Gasteiger partial charge is 1.00 e. The average Bonchev–Trinajstić information content (AvgIpc) is 4.23. The van der Waals surface area contributed by atoms with E-state index in [2.05, 4.69) is 77.9 Å². The van der Waals surface area contributed by atoms with Crippen LogP contribution in [-0.4, -0.2) is 98.3 Å². The number of rotatable bonds is 8. The van der Waals surface area contributed by atoms with Crippen molar-refractivity contribution in [1.82, 2.24) is 49.5 Å². The van der Waals surface area contributed by atoms with Crippen molar-refractivity contribution in [3.8, 4) is 44.8 Å². The maximum atomic E-state index is 12.3. The zero-order valence-electron chi connectivity index (χ0n) is 40.6. The topological polar surface area (TPSA) is 177 Å². The van der Waals surface area contributed by atoms with Gasteiger partial charge < -0.3 is 26.6 Å². The molecular weight excluding hydrogens is 903 g/mol. The van der Waals surface area contributed by atoms with Crippen LogP contribution in [0.5, 0.6) is 0 Å². The molecule has 71 heavy (non-hydrogen) atoms. The van der Waals surface area contributed by atoms with E-state index >= 15 is 0 Å². The normalized spacial score (nSPS) is 14.9. The molecule has 2 atom stereocenters. The van der Waals surface area contributed by atoms with E-state index in [4.69, 9.17) is 9.47 Å². The number of aryl methyl sites for hydroxylation is 6. The van der Waals surface area contributed by atoms with Gasteiger partial charge in [0.05, 0.1) is 66.5 Å². The van der Waals surface area contributed by atoms with Gasteiger partial charge in [-0.05, 0) is 92.1 Å². The number of anilines is 2. The summed E-state index contributed by atoms with van der Waals surface area (Å²) < 4.78 is 17.5. The number of aliphatic hydroxyl groups is 1. The van der Waals surface area contributed by atoms with E-state index in [1.54, 1.807) is 10.7 Å². The van der Waals surface area contributed by atoms with Crippen LogP contribution >= 0.6 is 0 Å². The van der Waals surface area contributed by atoms with E-state index < -0.39 is 0 Å². The fourth-order valence-corrected chi connectivity index (χ4v) is 9.11. The largest absolute Gasteiger partial charge is 1.00 e. The zero-order chi connectivity index (χ0) is 46.4. The molecule has 0 bridgehead atoms. The molecule has 4 aromatic carbocycles. The number of aliphatic hydroxyl groups excluding tert-OH is 1. The SMILES string of the molecule is C.C.C1CCOC1.COC(=O)c1ccccc1NC1CCn2nnc(C)c2-c2ccc(-c3cnn(C)c3)cc21.Cc1nnn2c1-c1ccc(-c3cnn(C)c3)cc1C(Nc1ccccc1CO)CC2.[AlH3].[H-].[Li+]. The first-order chi connectivity index (χ1) is 32.7. The Hall–Kier alpha value is -6.30. The van der Waals surface area contributed by atoms with E-state index in [-0.39, 0.29) is 77.2 Å². The van der Waals surface area contributed by atoms with Gasteiger partial charge in [0.1, 0.15) is 0 Å². The van der Waals surface area contributed by atoms with Crippen molar-refractivity contribution in [2.45, 2.75) is 86.2 Å². The Kier molecular flexibility index (Phi) is 19.7. The van der Waals surface area contributed by atoms with Crippen molar-refractivity contribution in [3.63, 3.8) is 0 Å². The first kappa shape index (κ1) is 55.6. The number of carbonyl (C=O) groups is 1. The number of ether oxygens (including phenoxy) is 2. The van der Waals surface area contributed by atoms with Crippen molar-refractivity contribution in [2.24, 2.45) is 14.1 Å². The maximum Gasteiger partial charge on any atom is 1.00 e. The summed E-state index contributed by atoms with van der Waals surface area (Å²) in [6.07, 6.45) is 12.0. The van der Waals surface area contributed by atoms with Gasteiger partial charge in [0.15, 0.2) is 17.4 Å². The van der Waals surface area contributed by atoms with Crippen LogP contribution < -0.4 is 29.5 Å². The Bertz CT molecular complexity index is 3010. The van der Waals surface area contributed by atoms with E-state index in [9.17, 15) is 9.90 Å². The number of carbonyl (C=O) groups excluding carboxylic acids is 1. The molecule has 4 aromatic heterocycles. The Labute approximate surface area is 441 Å². The number of fused-ring (bicyclic) bond motifs is 6. The van der Waals surface area contributed by atoms with Gasteiger partial charge in [0, 0.05) is 92.0 Å². The Morgan fingerprint density at radius 1 is 0.718 bits per heavy atom. The summed E-state index contributed by atoms with van der Waals surface area (Å²) in [6.45, 7) is 7.48. The minimum absolute atomic E-state index is 0. The minimum Gasteiger partial charge on any atom is -1.00 e. The second-order valence-corrected chi connectivity index (χ2v) is 17.0. The molecule has 368 valence electrons. The first-order valence-electron chi connectivity index (χ1n) is 22.7. The molecule has 1 saturated heterocycles. The fourth-order valence-electron chi connectivity index (χ4n) is 9.11. The molecule has 0 radical (unpaired) electrons. The molecule has 11 rings (SSSR count). The first-order valence-corrected chi connectivity index (χ1v) is 22.7.